The number of hydrogen-bond acceptors (Lipinski definition) is 3. The van der Waals surface area contributed by atoms with Crippen molar-refractivity contribution in [3.05, 3.63) is 71.3 Å². The first-order valence-electron chi connectivity index (χ1n) is 9.80. The molecule has 4 nitrogen and oxygen atoms in total. The fourth-order valence-corrected chi connectivity index (χ4v) is 4.00. The van der Waals surface area contributed by atoms with E-state index in [1.165, 1.54) is 16.7 Å². The van der Waals surface area contributed by atoms with Gasteiger partial charge in [0.15, 0.2) is 0 Å². The minimum absolute atomic E-state index is 0.119. The molecule has 0 aromatic heterocycles. The van der Waals surface area contributed by atoms with Crippen LogP contribution in [0, 0.1) is 0 Å². The van der Waals surface area contributed by atoms with Gasteiger partial charge in [0.2, 0.25) is 0 Å². The van der Waals surface area contributed by atoms with E-state index in [1.54, 1.807) is 0 Å². The standard InChI is InChI=1S/C23H30N2O2/c1-17(2)20-10-7-11-21(14-20)23(19-8-5-4-6-9-19)25-13-12-24(16-22(26)27)18(3)15-25/h4-11,14,17-18,23H,12-13,15-16H2,1-3H3,(H,26,27)/t18-,23?/m1/s1. The molecule has 144 valence electrons. The molecule has 0 aliphatic carbocycles. The van der Waals surface area contributed by atoms with Crippen molar-refractivity contribution >= 4 is 5.97 Å². The molecule has 0 bridgehead atoms. The van der Waals surface area contributed by atoms with Crippen LogP contribution in [0.4, 0.5) is 0 Å². The molecule has 0 saturated carbocycles. The number of carboxylic acids is 1. The maximum atomic E-state index is 11.1. The van der Waals surface area contributed by atoms with Gasteiger partial charge in [-0.25, -0.2) is 0 Å². The molecule has 2 atom stereocenters. The normalized spacial score (nSPS) is 19.9. The number of nitrogens with zero attached hydrogens (tertiary/aromatic N) is 2. The van der Waals surface area contributed by atoms with Gasteiger partial charge in [-0.15, -0.1) is 0 Å². The quantitative estimate of drug-likeness (QED) is 0.839. The van der Waals surface area contributed by atoms with Crippen molar-refractivity contribution in [1.82, 2.24) is 9.80 Å². The molecule has 1 unspecified atom stereocenters. The van der Waals surface area contributed by atoms with Crippen molar-refractivity contribution in [2.75, 3.05) is 26.2 Å². The van der Waals surface area contributed by atoms with Gasteiger partial charge in [0, 0.05) is 25.7 Å². The number of hydrogen-bond donors (Lipinski definition) is 1. The third kappa shape index (κ3) is 4.76. The summed E-state index contributed by atoms with van der Waals surface area (Å²) >= 11 is 0. The molecule has 1 aliphatic heterocycles. The maximum absolute atomic E-state index is 11.1. The SMILES string of the molecule is CC(C)c1cccc(C(c2ccccc2)N2CCN(CC(=O)O)[C@H](C)C2)c1. The van der Waals surface area contributed by atoms with Gasteiger partial charge in [0.05, 0.1) is 12.6 Å². The second-order valence-corrected chi connectivity index (χ2v) is 7.85. The molecule has 4 heteroatoms. The molecular formula is C23H30N2O2. The number of carbonyl (C=O) groups is 1. The highest BCUT2D eigenvalue weighted by molar-refractivity contribution is 5.69. The van der Waals surface area contributed by atoms with Crippen LogP contribution in [-0.2, 0) is 4.79 Å². The van der Waals surface area contributed by atoms with Crippen LogP contribution in [0.5, 0.6) is 0 Å². The lowest BCUT2D eigenvalue weighted by Gasteiger charge is -2.43. The summed E-state index contributed by atoms with van der Waals surface area (Å²) < 4.78 is 0. The third-order valence-electron chi connectivity index (χ3n) is 5.51. The molecule has 1 heterocycles. The van der Waals surface area contributed by atoms with Crippen LogP contribution in [0.2, 0.25) is 0 Å². The van der Waals surface area contributed by atoms with E-state index in [0.29, 0.717) is 5.92 Å². The molecule has 1 saturated heterocycles. The van der Waals surface area contributed by atoms with E-state index in [0.717, 1.165) is 19.6 Å². The van der Waals surface area contributed by atoms with Crippen molar-refractivity contribution in [2.45, 2.75) is 38.8 Å². The average Bonchev–Trinajstić information content (AvgIpc) is 2.65. The summed E-state index contributed by atoms with van der Waals surface area (Å²) in [6.45, 7) is 9.20. The topological polar surface area (TPSA) is 43.8 Å². The monoisotopic (exact) mass is 366 g/mol. The summed E-state index contributed by atoms with van der Waals surface area (Å²) in [6.07, 6.45) is 0. The van der Waals surface area contributed by atoms with Crippen molar-refractivity contribution in [3.63, 3.8) is 0 Å². The number of carboxylic acid groups (broad SMARTS) is 1. The largest absolute Gasteiger partial charge is 0.480 e. The predicted molar refractivity (Wildman–Crippen MR) is 109 cm³/mol. The maximum Gasteiger partial charge on any atom is 0.317 e. The first kappa shape index (κ1) is 19.6. The molecular weight excluding hydrogens is 336 g/mol. The summed E-state index contributed by atoms with van der Waals surface area (Å²) in [6, 6.07) is 20.0. The van der Waals surface area contributed by atoms with Crippen LogP contribution in [0.25, 0.3) is 0 Å². The Hall–Kier alpha value is -2.17. The number of aliphatic carboxylic acids is 1. The Morgan fingerprint density at radius 3 is 2.33 bits per heavy atom. The summed E-state index contributed by atoms with van der Waals surface area (Å²) in [4.78, 5) is 15.7. The Labute approximate surface area is 162 Å². The molecule has 2 aromatic carbocycles. The molecule has 0 radical (unpaired) electrons. The van der Waals surface area contributed by atoms with Crippen molar-refractivity contribution < 1.29 is 9.90 Å². The Bertz CT molecular complexity index is 760. The molecule has 1 aliphatic rings. The fourth-order valence-electron chi connectivity index (χ4n) is 4.00. The number of benzene rings is 2. The van der Waals surface area contributed by atoms with E-state index in [-0.39, 0.29) is 18.6 Å². The van der Waals surface area contributed by atoms with Crippen molar-refractivity contribution in [2.24, 2.45) is 0 Å². The summed E-state index contributed by atoms with van der Waals surface area (Å²) in [7, 11) is 0. The lowest BCUT2D eigenvalue weighted by Crippen LogP contribution is -2.54. The van der Waals surface area contributed by atoms with E-state index in [9.17, 15) is 4.79 Å². The zero-order chi connectivity index (χ0) is 19.4. The summed E-state index contributed by atoms with van der Waals surface area (Å²) in [5, 5.41) is 9.14. The van der Waals surface area contributed by atoms with Crippen LogP contribution >= 0.6 is 0 Å². The Morgan fingerprint density at radius 2 is 1.70 bits per heavy atom. The van der Waals surface area contributed by atoms with Gasteiger partial charge in [-0.3, -0.25) is 14.6 Å². The average molecular weight is 367 g/mol. The molecule has 1 fully saturated rings. The summed E-state index contributed by atoms with van der Waals surface area (Å²) in [5.74, 6) is -0.257. The van der Waals surface area contributed by atoms with Crippen molar-refractivity contribution in [3.8, 4) is 0 Å². The lowest BCUT2D eigenvalue weighted by atomic mass is 9.92. The molecule has 3 rings (SSSR count). The van der Waals surface area contributed by atoms with E-state index < -0.39 is 5.97 Å². The highest BCUT2D eigenvalue weighted by Crippen LogP contribution is 2.32. The lowest BCUT2D eigenvalue weighted by molar-refractivity contribution is -0.139. The highest BCUT2D eigenvalue weighted by atomic mass is 16.4. The van der Waals surface area contributed by atoms with E-state index in [1.807, 2.05) is 0 Å². The van der Waals surface area contributed by atoms with Crippen LogP contribution in [0.3, 0.4) is 0 Å². The predicted octanol–water partition coefficient (Wildman–Crippen LogP) is 3.99. The van der Waals surface area contributed by atoms with E-state index >= 15 is 0 Å². The van der Waals surface area contributed by atoms with Gasteiger partial charge < -0.3 is 5.11 Å². The van der Waals surface area contributed by atoms with Crippen LogP contribution in [-0.4, -0.2) is 53.1 Å². The zero-order valence-corrected chi connectivity index (χ0v) is 16.5. The molecule has 2 aromatic rings. The Balaban J connectivity index is 1.90. The number of piperazine rings is 1. The van der Waals surface area contributed by atoms with E-state index in [2.05, 4.69) is 85.2 Å². The molecule has 0 amide bonds. The van der Waals surface area contributed by atoms with E-state index in [4.69, 9.17) is 5.11 Å². The second-order valence-electron chi connectivity index (χ2n) is 7.85. The molecule has 1 N–H and O–H groups in total. The van der Waals surface area contributed by atoms with Crippen molar-refractivity contribution in [1.29, 1.82) is 0 Å². The Morgan fingerprint density at radius 1 is 1.04 bits per heavy atom. The highest BCUT2D eigenvalue weighted by Gasteiger charge is 2.31. The van der Waals surface area contributed by atoms with Gasteiger partial charge >= 0.3 is 5.97 Å². The minimum Gasteiger partial charge on any atom is -0.480 e. The van der Waals surface area contributed by atoms with Crippen LogP contribution in [0.15, 0.2) is 54.6 Å². The Kier molecular flexibility index (Phi) is 6.30. The van der Waals surface area contributed by atoms with Crippen LogP contribution in [0.1, 0.15) is 49.4 Å². The van der Waals surface area contributed by atoms with Gasteiger partial charge in [-0.05, 0) is 29.5 Å². The van der Waals surface area contributed by atoms with Gasteiger partial charge in [-0.2, -0.15) is 0 Å². The van der Waals surface area contributed by atoms with Gasteiger partial charge in [-0.1, -0.05) is 68.4 Å². The van der Waals surface area contributed by atoms with Gasteiger partial charge in [0.1, 0.15) is 0 Å². The summed E-state index contributed by atoms with van der Waals surface area (Å²) in [5.41, 5.74) is 3.95. The van der Waals surface area contributed by atoms with Gasteiger partial charge in [0.25, 0.3) is 0 Å². The fraction of sp³-hybridized carbons (Fsp3) is 0.435. The third-order valence-corrected chi connectivity index (χ3v) is 5.51. The smallest absolute Gasteiger partial charge is 0.317 e. The molecule has 27 heavy (non-hydrogen) atoms. The molecule has 0 spiro atoms. The van der Waals surface area contributed by atoms with Crippen LogP contribution < -0.4 is 0 Å². The minimum atomic E-state index is -0.750. The first-order valence-corrected chi connectivity index (χ1v) is 9.80. The first-order chi connectivity index (χ1) is 13.0. The zero-order valence-electron chi connectivity index (χ0n) is 16.5. The number of rotatable bonds is 6. The second kappa shape index (κ2) is 8.68.